The predicted molar refractivity (Wildman–Crippen MR) is 98.2 cm³/mol. The summed E-state index contributed by atoms with van der Waals surface area (Å²) in [6.45, 7) is 2.14. The average molecular weight is 354 g/mol. The number of carbonyl (C=O) groups is 1. The number of fused-ring (bicyclic) bond motifs is 1. The number of rotatable bonds is 2. The van der Waals surface area contributed by atoms with Crippen LogP contribution in [0.2, 0.25) is 0 Å². The van der Waals surface area contributed by atoms with E-state index in [-0.39, 0.29) is 18.6 Å². The van der Waals surface area contributed by atoms with Crippen LogP contribution in [0.25, 0.3) is 0 Å². The fourth-order valence-corrected chi connectivity index (χ4v) is 3.57. The third-order valence-corrected chi connectivity index (χ3v) is 4.97. The molecule has 2 aromatic heterocycles. The van der Waals surface area contributed by atoms with E-state index in [9.17, 15) is 9.90 Å². The van der Waals surface area contributed by atoms with Gasteiger partial charge in [-0.2, -0.15) is 0 Å². The molecule has 0 saturated carbocycles. The topological polar surface area (TPSA) is 85.7 Å². The van der Waals surface area contributed by atoms with Crippen LogP contribution in [0.15, 0.2) is 30.9 Å². The largest absolute Gasteiger partial charge is 0.393 e. The lowest BCUT2D eigenvalue weighted by Crippen LogP contribution is -2.37. The van der Waals surface area contributed by atoms with Crippen molar-refractivity contribution in [3.63, 3.8) is 0 Å². The zero-order valence-electron chi connectivity index (χ0n) is 14.7. The fraction of sp³-hybridized carbons (Fsp3) is 0.444. The Hall–Kier alpha value is -2.74. The molecule has 0 unspecified atom stereocenters. The van der Waals surface area contributed by atoms with Gasteiger partial charge in [0.05, 0.1) is 36.6 Å². The van der Waals surface area contributed by atoms with Gasteiger partial charge in [0, 0.05) is 26.3 Å². The van der Waals surface area contributed by atoms with Crippen LogP contribution in [-0.2, 0) is 11.3 Å². The van der Waals surface area contributed by atoms with Gasteiger partial charge < -0.3 is 19.8 Å². The van der Waals surface area contributed by atoms with Crippen molar-refractivity contribution in [2.45, 2.75) is 25.5 Å². The quantitative estimate of drug-likeness (QED) is 0.854. The summed E-state index contributed by atoms with van der Waals surface area (Å²) >= 11 is 0. The molecule has 0 radical (unpaired) electrons. The SMILES string of the molecule is CN1CC(=O)N(c2cccnc2)Cc2c1ncnc2N1CCC(O)CC1. The number of nitrogens with zero attached hydrogens (tertiary/aromatic N) is 6. The molecule has 2 aromatic rings. The van der Waals surface area contributed by atoms with Crippen LogP contribution in [0.1, 0.15) is 18.4 Å². The second kappa shape index (κ2) is 6.87. The highest BCUT2D eigenvalue weighted by molar-refractivity contribution is 5.97. The van der Waals surface area contributed by atoms with E-state index in [1.807, 2.05) is 24.1 Å². The third-order valence-electron chi connectivity index (χ3n) is 4.97. The number of amides is 1. The molecule has 0 atom stereocenters. The lowest BCUT2D eigenvalue weighted by Gasteiger charge is -2.32. The van der Waals surface area contributed by atoms with Crippen molar-refractivity contribution in [2.24, 2.45) is 0 Å². The number of pyridine rings is 1. The van der Waals surface area contributed by atoms with E-state index >= 15 is 0 Å². The van der Waals surface area contributed by atoms with Gasteiger partial charge in [-0.1, -0.05) is 0 Å². The Labute approximate surface area is 152 Å². The molecule has 8 heteroatoms. The number of hydrogen-bond acceptors (Lipinski definition) is 7. The summed E-state index contributed by atoms with van der Waals surface area (Å²) in [6.07, 6.45) is 6.14. The zero-order valence-corrected chi connectivity index (χ0v) is 14.7. The van der Waals surface area contributed by atoms with E-state index in [2.05, 4.69) is 19.9 Å². The van der Waals surface area contributed by atoms with Gasteiger partial charge in [0.15, 0.2) is 0 Å². The summed E-state index contributed by atoms with van der Waals surface area (Å²) in [5.74, 6) is 1.62. The maximum atomic E-state index is 12.8. The van der Waals surface area contributed by atoms with Crippen molar-refractivity contribution in [1.82, 2.24) is 15.0 Å². The van der Waals surface area contributed by atoms with Gasteiger partial charge in [-0.15, -0.1) is 0 Å². The number of likely N-dealkylation sites (N-methyl/N-ethyl adjacent to an activating group) is 1. The molecule has 0 aliphatic carbocycles. The fourth-order valence-electron chi connectivity index (χ4n) is 3.57. The lowest BCUT2D eigenvalue weighted by atomic mass is 10.1. The van der Waals surface area contributed by atoms with Gasteiger partial charge in [0.1, 0.15) is 18.0 Å². The first kappa shape index (κ1) is 16.7. The van der Waals surface area contributed by atoms with Crippen molar-refractivity contribution in [3.05, 3.63) is 36.4 Å². The molecule has 136 valence electrons. The molecule has 0 spiro atoms. The Balaban J connectivity index is 1.74. The Morgan fingerprint density at radius 1 is 1.15 bits per heavy atom. The molecule has 0 aromatic carbocycles. The van der Waals surface area contributed by atoms with Gasteiger partial charge in [-0.25, -0.2) is 9.97 Å². The Bertz CT molecular complexity index is 792. The molecule has 4 heterocycles. The van der Waals surface area contributed by atoms with Crippen LogP contribution in [0.5, 0.6) is 0 Å². The molecular weight excluding hydrogens is 332 g/mol. The molecule has 2 aliphatic rings. The van der Waals surface area contributed by atoms with Crippen molar-refractivity contribution >= 4 is 23.2 Å². The maximum Gasteiger partial charge on any atom is 0.246 e. The summed E-state index contributed by atoms with van der Waals surface area (Å²) in [5.41, 5.74) is 1.70. The van der Waals surface area contributed by atoms with Crippen LogP contribution in [-0.4, -0.2) is 58.8 Å². The van der Waals surface area contributed by atoms with Crippen LogP contribution >= 0.6 is 0 Å². The normalized spacial score (nSPS) is 18.7. The van der Waals surface area contributed by atoms with Crippen molar-refractivity contribution < 1.29 is 9.90 Å². The van der Waals surface area contributed by atoms with E-state index < -0.39 is 0 Å². The van der Waals surface area contributed by atoms with Gasteiger partial charge in [0.2, 0.25) is 5.91 Å². The van der Waals surface area contributed by atoms with Crippen LogP contribution < -0.4 is 14.7 Å². The molecule has 0 bridgehead atoms. The van der Waals surface area contributed by atoms with Crippen LogP contribution in [0.4, 0.5) is 17.3 Å². The first-order chi connectivity index (χ1) is 12.6. The first-order valence-electron chi connectivity index (χ1n) is 8.82. The molecule has 8 nitrogen and oxygen atoms in total. The second-order valence-corrected chi connectivity index (χ2v) is 6.76. The van der Waals surface area contributed by atoms with Crippen LogP contribution in [0, 0.1) is 0 Å². The molecule has 1 N–H and O–H groups in total. The first-order valence-corrected chi connectivity index (χ1v) is 8.82. The number of aliphatic hydroxyl groups excluding tert-OH is 1. The van der Waals surface area contributed by atoms with Crippen LogP contribution in [0.3, 0.4) is 0 Å². The number of hydrogen-bond donors (Lipinski definition) is 1. The number of anilines is 3. The molecule has 1 amide bonds. The molecule has 1 saturated heterocycles. The molecular formula is C18H22N6O2. The number of aromatic nitrogens is 3. The minimum absolute atomic E-state index is 0.00137. The standard InChI is InChI=1S/C18H22N6O2/c1-22-11-16(26)24(13-3-2-6-19-9-13)10-15-17(22)20-12-21-18(15)23-7-4-14(25)5-8-23/h2-3,6,9,12,14,25H,4-5,7-8,10-11H2,1H3. The highest BCUT2D eigenvalue weighted by Crippen LogP contribution is 2.32. The van der Waals surface area contributed by atoms with Crippen molar-refractivity contribution in [1.29, 1.82) is 0 Å². The van der Waals surface area contributed by atoms with Crippen molar-refractivity contribution in [2.75, 3.05) is 41.4 Å². The molecule has 2 aliphatic heterocycles. The van der Waals surface area contributed by atoms with Gasteiger partial charge in [-0.3, -0.25) is 9.78 Å². The highest BCUT2D eigenvalue weighted by Gasteiger charge is 2.30. The van der Waals surface area contributed by atoms with E-state index in [1.54, 1.807) is 23.6 Å². The third kappa shape index (κ3) is 3.08. The predicted octanol–water partition coefficient (Wildman–Crippen LogP) is 0.816. The molecule has 4 rings (SSSR count). The Kier molecular flexibility index (Phi) is 4.42. The zero-order chi connectivity index (χ0) is 18.1. The summed E-state index contributed by atoms with van der Waals surface area (Å²) in [5, 5.41) is 9.80. The highest BCUT2D eigenvalue weighted by atomic mass is 16.3. The van der Waals surface area contributed by atoms with E-state index in [0.29, 0.717) is 6.54 Å². The number of carbonyl (C=O) groups excluding carboxylic acids is 1. The van der Waals surface area contributed by atoms with Gasteiger partial charge >= 0.3 is 0 Å². The minimum atomic E-state index is -0.247. The monoisotopic (exact) mass is 354 g/mol. The smallest absolute Gasteiger partial charge is 0.246 e. The summed E-state index contributed by atoms with van der Waals surface area (Å²) < 4.78 is 0. The second-order valence-electron chi connectivity index (χ2n) is 6.76. The number of piperidine rings is 1. The summed E-state index contributed by atoms with van der Waals surface area (Å²) in [7, 11) is 1.88. The summed E-state index contributed by atoms with van der Waals surface area (Å²) in [6, 6.07) is 3.71. The van der Waals surface area contributed by atoms with Gasteiger partial charge in [-0.05, 0) is 25.0 Å². The Morgan fingerprint density at radius 3 is 2.65 bits per heavy atom. The van der Waals surface area contributed by atoms with Gasteiger partial charge in [0.25, 0.3) is 0 Å². The minimum Gasteiger partial charge on any atom is -0.393 e. The molecule has 1 fully saturated rings. The maximum absolute atomic E-state index is 12.8. The Morgan fingerprint density at radius 2 is 1.92 bits per heavy atom. The lowest BCUT2D eigenvalue weighted by molar-refractivity contribution is -0.117. The van der Waals surface area contributed by atoms with E-state index in [1.165, 1.54) is 0 Å². The van der Waals surface area contributed by atoms with E-state index in [0.717, 1.165) is 48.8 Å². The molecule has 26 heavy (non-hydrogen) atoms. The number of aliphatic hydroxyl groups is 1. The summed E-state index contributed by atoms with van der Waals surface area (Å²) in [4.78, 5) is 31.7. The van der Waals surface area contributed by atoms with Crippen molar-refractivity contribution in [3.8, 4) is 0 Å². The van der Waals surface area contributed by atoms with E-state index in [4.69, 9.17) is 0 Å². The average Bonchev–Trinajstić information content (AvgIpc) is 2.79.